The van der Waals surface area contributed by atoms with Crippen LogP contribution in [0.4, 0.5) is 0 Å². The molecule has 0 saturated carbocycles. The van der Waals surface area contributed by atoms with Crippen LogP contribution in [0, 0.1) is 0 Å². The lowest BCUT2D eigenvalue weighted by Crippen LogP contribution is -2.57. The van der Waals surface area contributed by atoms with Crippen molar-refractivity contribution >= 4 is 35.6 Å². The molecule has 16 nitrogen and oxygen atoms in total. The topological polar surface area (TPSA) is 299 Å². The summed E-state index contributed by atoms with van der Waals surface area (Å²) in [6.07, 6.45) is 0.423. The van der Waals surface area contributed by atoms with Crippen LogP contribution >= 0.6 is 0 Å². The van der Waals surface area contributed by atoms with Gasteiger partial charge >= 0.3 is 11.9 Å². The third kappa shape index (κ3) is 13.7. The van der Waals surface area contributed by atoms with Gasteiger partial charge in [-0.05, 0) is 38.6 Å². The van der Waals surface area contributed by atoms with E-state index in [9.17, 15) is 29.1 Å². The third-order valence-corrected chi connectivity index (χ3v) is 4.68. The Labute approximate surface area is 201 Å². The maximum absolute atomic E-state index is 12.9. The van der Waals surface area contributed by atoms with Crippen molar-refractivity contribution in [3.8, 4) is 0 Å². The highest BCUT2D eigenvalue weighted by molar-refractivity contribution is 5.94. The van der Waals surface area contributed by atoms with E-state index in [2.05, 4.69) is 20.9 Å². The number of carbonyl (C=O) groups excluding carboxylic acids is 3. The summed E-state index contributed by atoms with van der Waals surface area (Å²) in [6.45, 7) is -0.213. The highest BCUT2D eigenvalue weighted by Gasteiger charge is 2.30. The molecule has 0 bridgehead atoms. The van der Waals surface area contributed by atoms with Crippen molar-refractivity contribution in [2.24, 2.45) is 27.9 Å². The number of aliphatic hydroxyl groups is 1. The summed E-state index contributed by atoms with van der Waals surface area (Å²) in [5.41, 5.74) is 21.5. The molecule has 16 heteroatoms. The van der Waals surface area contributed by atoms with Gasteiger partial charge in [0.2, 0.25) is 17.7 Å². The quantitative estimate of drug-likeness (QED) is 0.0480. The molecule has 0 fully saturated rings. The number of aliphatic imine (C=N–C) groups is 1. The highest BCUT2D eigenvalue weighted by Crippen LogP contribution is 2.06. The van der Waals surface area contributed by atoms with Gasteiger partial charge in [-0.15, -0.1) is 0 Å². The zero-order valence-electron chi connectivity index (χ0n) is 19.3. The maximum atomic E-state index is 12.9. The molecule has 0 aliphatic heterocycles. The summed E-state index contributed by atoms with van der Waals surface area (Å²) in [7, 11) is 0. The number of nitrogens with zero attached hydrogens (tertiary/aromatic N) is 1. The number of carboxylic acid groups (broad SMARTS) is 2. The molecule has 4 unspecified atom stereocenters. The number of carbonyl (C=O) groups is 5. The summed E-state index contributed by atoms with van der Waals surface area (Å²) >= 11 is 0. The largest absolute Gasteiger partial charge is 0.481 e. The van der Waals surface area contributed by atoms with Crippen LogP contribution in [0.25, 0.3) is 0 Å². The van der Waals surface area contributed by atoms with Crippen LogP contribution in [0.15, 0.2) is 4.99 Å². The average molecular weight is 505 g/mol. The van der Waals surface area contributed by atoms with Crippen molar-refractivity contribution in [3.05, 3.63) is 0 Å². The fourth-order valence-electron chi connectivity index (χ4n) is 2.81. The van der Waals surface area contributed by atoms with Crippen molar-refractivity contribution in [2.45, 2.75) is 62.7 Å². The number of rotatable bonds is 18. The molecule has 0 aliphatic rings. The van der Waals surface area contributed by atoms with Crippen LogP contribution in [0.5, 0.6) is 0 Å². The Bertz CT molecular complexity index is 759. The molecule has 0 rings (SSSR count). The molecule has 4 atom stereocenters. The summed E-state index contributed by atoms with van der Waals surface area (Å²) in [6, 6.07) is -5.44. The van der Waals surface area contributed by atoms with E-state index in [4.69, 9.17) is 33.1 Å². The minimum Gasteiger partial charge on any atom is -0.481 e. The van der Waals surface area contributed by atoms with E-state index >= 15 is 0 Å². The van der Waals surface area contributed by atoms with E-state index in [1.807, 2.05) is 0 Å². The molecule has 35 heavy (non-hydrogen) atoms. The SMILES string of the molecule is NCCCCC(NC(=O)C(N)CO)C(=O)NC(CCCN=C(N)N)C(=O)NC(CC(=O)O)C(=O)O. The highest BCUT2D eigenvalue weighted by atomic mass is 16.4. The molecule has 0 aromatic carbocycles. The number of nitrogens with two attached hydrogens (primary N) is 4. The molecule has 0 aromatic heterocycles. The van der Waals surface area contributed by atoms with Gasteiger partial charge in [-0.25, -0.2) is 4.79 Å². The minimum atomic E-state index is -1.74. The number of nitrogens with one attached hydrogen (secondary N) is 3. The number of carboxylic acids is 2. The molecular weight excluding hydrogens is 468 g/mol. The third-order valence-electron chi connectivity index (χ3n) is 4.68. The van der Waals surface area contributed by atoms with E-state index < -0.39 is 66.9 Å². The van der Waals surface area contributed by atoms with E-state index in [0.29, 0.717) is 19.4 Å². The number of amides is 3. The Balaban J connectivity index is 5.60. The molecular formula is C19H36N8O8. The molecule has 0 radical (unpaired) electrons. The standard InChI is InChI=1S/C19H36N8O8/c20-6-2-1-4-11(25-15(31)10(21)9-28)16(32)26-12(5-3-7-24-19(22)23)17(33)27-13(18(34)35)8-14(29)30/h10-13,28H,1-9,20-21H2,(H,25,31)(H,26,32)(H,27,33)(H,29,30)(H,34,35)(H4,22,23,24). The predicted octanol–water partition coefficient (Wildman–Crippen LogP) is -4.50. The van der Waals surface area contributed by atoms with Gasteiger partial charge in [0, 0.05) is 6.54 Å². The number of aliphatic hydroxyl groups excluding tert-OH is 1. The minimum absolute atomic E-state index is 0.0343. The first-order valence-corrected chi connectivity index (χ1v) is 10.9. The summed E-state index contributed by atoms with van der Waals surface area (Å²) in [4.78, 5) is 63.8. The second kappa shape index (κ2) is 17.0. The average Bonchev–Trinajstić information content (AvgIpc) is 2.78. The van der Waals surface area contributed by atoms with Gasteiger partial charge < -0.3 is 54.2 Å². The normalized spacial score (nSPS) is 14.0. The second-order valence-electron chi connectivity index (χ2n) is 7.64. The molecule has 0 spiro atoms. The maximum Gasteiger partial charge on any atom is 0.326 e. The van der Waals surface area contributed by atoms with Crippen LogP contribution in [0.3, 0.4) is 0 Å². The van der Waals surface area contributed by atoms with Gasteiger partial charge in [-0.3, -0.25) is 24.2 Å². The number of hydrogen-bond donors (Lipinski definition) is 10. The fraction of sp³-hybridized carbons (Fsp3) is 0.684. The molecule has 0 aromatic rings. The van der Waals surface area contributed by atoms with Gasteiger partial charge in [0.05, 0.1) is 13.0 Å². The Morgan fingerprint density at radius 3 is 1.77 bits per heavy atom. The van der Waals surface area contributed by atoms with Crippen molar-refractivity contribution in [1.82, 2.24) is 16.0 Å². The van der Waals surface area contributed by atoms with Crippen LogP contribution in [0.1, 0.15) is 38.5 Å². The monoisotopic (exact) mass is 504 g/mol. The van der Waals surface area contributed by atoms with Gasteiger partial charge in [0.25, 0.3) is 0 Å². The lowest BCUT2D eigenvalue weighted by atomic mass is 10.1. The Kier molecular flexibility index (Phi) is 15.3. The Morgan fingerprint density at radius 2 is 1.31 bits per heavy atom. The van der Waals surface area contributed by atoms with Crippen molar-refractivity contribution < 1.29 is 39.3 Å². The van der Waals surface area contributed by atoms with Gasteiger partial charge in [-0.2, -0.15) is 0 Å². The molecule has 0 heterocycles. The Morgan fingerprint density at radius 1 is 0.800 bits per heavy atom. The summed E-state index contributed by atoms with van der Waals surface area (Å²) in [5.74, 6) is -5.72. The van der Waals surface area contributed by atoms with Crippen LogP contribution in [0.2, 0.25) is 0 Å². The lowest BCUT2D eigenvalue weighted by molar-refractivity contribution is -0.147. The smallest absolute Gasteiger partial charge is 0.326 e. The van der Waals surface area contributed by atoms with Crippen molar-refractivity contribution in [3.63, 3.8) is 0 Å². The number of hydrogen-bond acceptors (Lipinski definition) is 9. The van der Waals surface area contributed by atoms with Crippen molar-refractivity contribution in [1.29, 1.82) is 0 Å². The predicted molar refractivity (Wildman–Crippen MR) is 124 cm³/mol. The van der Waals surface area contributed by atoms with E-state index in [1.54, 1.807) is 0 Å². The van der Waals surface area contributed by atoms with E-state index in [-0.39, 0.29) is 31.8 Å². The zero-order valence-corrected chi connectivity index (χ0v) is 19.3. The van der Waals surface area contributed by atoms with E-state index in [0.717, 1.165) is 0 Å². The fourth-order valence-corrected chi connectivity index (χ4v) is 2.81. The van der Waals surface area contributed by atoms with Crippen LogP contribution in [-0.2, 0) is 24.0 Å². The molecule has 200 valence electrons. The second-order valence-corrected chi connectivity index (χ2v) is 7.64. The molecule has 3 amide bonds. The van der Waals surface area contributed by atoms with E-state index in [1.165, 1.54) is 0 Å². The molecule has 14 N–H and O–H groups in total. The van der Waals surface area contributed by atoms with Gasteiger partial charge in [0.1, 0.15) is 24.2 Å². The van der Waals surface area contributed by atoms with Crippen molar-refractivity contribution in [2.75, 3.05) is 19.7 Å². The number of aliphatic carboxylic acids is 2. The number of unbranched alkanes of at least 4 members (excludes halogenated alkanes) is 1. The lowest BCUT2D eigenvalue weighted by Gasteiger charge is -2.25. The zero-order chi connectivity index (χ0) is 27.0. The summed E-state index contributed by atoms with van der Waals surface area (Å²) in [5, 5.41) is 34.1. The van der Waals surface area contributed by atoms with Gasteiger partial charge in [-0.1, -0.05) is 0 Å². The first-order chi connectivity index (χ1) is 16.4. The molecule has 0 saturated heterocycles. The Hall–Kier alpha value is -3.50. The summed E-state index contributed by atoms with van der Waals surface area (Å²) < 4.78 is 0. The first-order valence-electron chi connectivity index (χ1n) is 10.9. The first kappa shape index (κ1) is 31.5. The number of guanidine groups is 1. The van der Waals surface area contributed by atoms with Crippen LogP contribution < -0.4 is 38.9 Å². The molecule has 0 aliphatic carbocycles. The van der Waals surface area contributed by atoms with Crippen LogP contribution in [-0.4, -0.2) is 94.8 Å². The van der Waals surface area contributed by atoms with Gasteiger partial charge in [0.15, 0.2) is 5.96 Å².